The summed E-state index contributed by atoms with van der Waals surface area (Å²) >= 11 is 0. The molecule has 140 valence electrons. The van der Waals surface area contributed by atoms with Gasteiger partial charge in [-0.25, -0.2) is 8.78 Å². The molecule has 0 aliphatic heterocycles. The van der Waals surface area contributed by atoms with E-state index < -0.39 is 17.5 Å². The van der Waals surface area contributed by atoms with E-state index in [1.807, 2.05) is 12.1 Å². The summed E-state index contributed by atoms with van der Waals surface area (Å²) < 4.78 is 27.1. The third kappa shape index (κ3) is 4.15. The lowest BCUT2D eigenvalue weighted by Crippen LogP contribution is -2.33. The van der Waals surface area contributed by atoms with Crippen molar-refractivity contribution in [3.63, 3.8) is 0 Å². The maximum absolute atomic E-state index is 14.0. The normalized spacial score (nSPS) is 16.1. The lowest BCUT2D eigenvalue weighted by molar-refractivity contribution is 0.0724. The minimum absolute atomic E-state index is 0.0693. The van der Waals surface area contributed by atoms with Gasteiger partial charge in [0.2, 0.25) is 0 Å². The third-order valence-corrected chi connectivity index (χ3v) is 4.89. The quantitative estimate of drug-likeness (QED) is 0.844. The van der Waals surface area contributed by atoms with Gasteiger partial charge < -0.3 is 10.2 Å². The maximum atomic E-state index is 14.0. The molecule has 0 saturated heterocycles. The zero-order valence-electron chi connectivity index (χ0n) is 14.8. The highest BCUT2D eigenvalue weighted by Crippen LogP contribution is 2.30. The molecule has 0 unspecified atom stereocenters. The van der Waals surface area contributed by atoms with E-state index in [4.69, 9.17) is 0 Å². The van der Waals surface area contributed by atoms with Crippen molar-refractivity contribution < 1.29 is 18.4 Å². The molecule has 0 bridgehead atoms. The van der Waals surface area contributed by atoms with Crippen molar-refractivity contribution in [1.82, 2.24) is 10.2 Å². The van der Waals surface area contributed by atoms with E-state index >= 15 is 0 Å². The Hall–Kier alpha value is -2.76. The highest BCUT2D eigenvalue weighted by atomic mass is 19.1. The molecule has 0 atom stereocenters. The topological polar surface area (TPSA) is 49.4 Å². The standard InChI is InChI=1S/C21H20F2N2O2/c22-15-5-10-18(19(23)11-15)21(27)25(17-8-9-17)12-13-1-3-14(4-2-13)20(26)24-16-6-7-16/h1-5,10-11,16-17H,6-9,12H2,(H,24,26). The highest BCUT2D eigenvalue weighted by Gasteiger charge is 2.34. The Kier molecular flexibility index (Phi) is 4.64. The van der Waals surface area contributed by atoms with E-state index in [1.165, 1.54) is 6.07 Å². The Morgan fingerprint density at radius 2 is 1.70 bits per heavy atom. The van der Waals surface area contributed by atoms with Gasteiger partial charge in [-0.15, -0.1) is 0 Å². The van der Waals surface area contributed by atoms with E-state index in [2.05, 4.69) is 5.32 Å². The molecular weight excluding hydrogens is 350 g/mol. The van der Waals surface area contributed by atoms with E-state index in [9.17, 15) is 18.4 Å². The van der Waals surface area contributed by atoms with Gasteiger partial charge in [0.25, 0.3) is 11.8 Å². The van der Waals surface area contributed by atoms with Crippen molar-refractivity contribution in [3.05, 3.63) is 70.8 Å². The molecule has 0 aromatic heterocycles. The number of hydrogen-bond acceptors (Lipinski definition) is 2. The average molecular weight is 370 g/mol. The monoisotopic (exact) mass is 370 g/mol. The summed E-state index contributed by atoms with van der Waals surface area (Å²) in [7, 11) is 0. The van der Waals surface area contributed by atoms with Crippen LogP contribution in [0.4, 0.5) is 8.78 Å². The van der Waals surface area contributed by atoms with Crippen LogP contribution in [-0.4, -0.2) is 28.8 Å². The minimum atomic E-state index is -0.849. The van der Waals surface area contributed by atoms with Gasteiger partial charge in [-0.1, -0.05) is 12.1 Å². The Bertz CT molecular complexity index is 874. The Labute approximate surface area is 156 Å². The molecule has 2 amide bonds. The third-order valence-electron chi connectivity index (χ3n) is 4.89. The zero-order chi connectivity index (χ0) is 19.0. The molecule has 2 saturated carbocycles. The molecule has 2 aliphatic rings. The Morgan fingerprint density at radius 1 is 1.00 bits per heavy atom. The van der Waals surface area contributed by atoms with Gasteiger partial charge >= 0.3 is 0 Å². The second-order valence-electron chi connectivity index (χ2n) is 7.23. The van der Waals surface area contributed by atoms with Crippen molar-refractivity contribution in [3.8, 4) is 0 Å². The van der Waals surface area contributed by atoms with Crippen molar-refractivity contribution >= 4 is 11.8 Å². The fraction of sp³-hybridized carbons (Fsp3) is 0.333. The largest absolute Gasteiger partial charge is 0.349 e. The maximum Gasteiger partial charge on any atom is 0.257 e. The predicted molar refractivity (Wildman–Crippen MR) is 96.2 cm³/mol. The van der Waals surface area contributed by atoms with Crippen molar-refractivity contribution in [2.75, 3.05) is 0 Å². The van der Waals surface area contributed by atoms with Crippen LogP contribution < -0.4 is 5.32 Å². The van der Waals surface area contributed by atoms with Crippen LogP contribution in [0, 0.1) is 11.6 Å². The molecule has 0 heterocycles. The Balaban J connectivity index is 1.48. The molecule has 2 aromatic rings. The highest BCUT2D eigenvalue weighted by molar-refractivity contribution is 5.95. The average Bonchev–Trinajstić information content (AvgIpc) is 3.54. The summed E-state index contributed by atoms with van der Waals surface area (Å²) in [6, 6.07) is 10.5. The molecule has 2 aromatic carbocycles. The molecule has 2 fully saturated rings. The number of carbonyl (C=O) groups is 2. The molecule has 27 heavy (non-hydrogen) atoms. The van der Waals surface area contributed by atoms with Crippen LogP contribution in [0.2, 0.25) is 0 Å². The number of nitrogens with one attached hydrogen (secondary N) is 1. The first-order valence-corrected chi connectivity index (χ1v) is 9.17. The summed E-state index contributed by atoms with van der Waals surface area (Å²) in [4.78, 5) is 26.4. The van der Waals surface area contributed by atoms with Gasteiger partial charge in [0, 0.05) is 30.3 Å². The second-order valence-corrected chi connectivity index (χ2v) is 7.23. The molecule has 0 spiro atoms. The number of carbonyl (C=O) groups excluding carboxylic acids is 2. The fourth-order valence-corrected chi connectivity index (χ4v) is 3.03. The van der Waals surface area contributed by atoms with Gasteiger partial charge in [-0.05, 0) is 55.5 Å². The van der Waals surface area contributed by atoms with Gasteiger partial charge in [-0.3, -0.25) is 9.59 Å². The van der Waals surface area contributed by atoms with E-state index in [0.29, 0.717) is 18.2 Å². The minimum Gasteiger partial charge on any atom is -0.349 e. The SMILES string of the molecule is O=C(NC1CC1)c1ccc(CN(C(=O)c2ccc(F)cc2F)C2CC2)cc1. The first-order valence-electron chi connectivity index (χ1n) is 9.17. The molecule has 1 N–H and O–H groups in total. The van der Waals surface area contributed by atoms with Crippen LogP contribution >= 0.6 is 0 Å². The summed E-state index contributed by atoms with van der Waals surface area (Å²) in [5.74, 6) is -2.09. The zero-order valence-corrected chi connectivity index (χ0v) is 14.8. The first kappa shape index (κ1) is 17.6. The van der Waals surface area contributed by atoms with Gasteiger partial charge in [0.15, 0.2) is 0 Å². The number of rotatable bonds is 6. The Morgan fingerprint density at radius 3 is 2.30 bits per heavy atom. The molecule has 4 nitrogen and oxygen atoms in total. The fourth-order valence-electron chi connectivity index (χ4n) is 3.03. The number of hydrogen-bond donors (Lipinski definition) is 1. The van der Waals surface area contributed by atoms with Crippen molar-refractivity contribution in [2.24, 2.45) is 0 Å². The van der Waals surface area contributed by atoms with Gasteiger partial charge in [-0.2, -0.15) is 0 Å². The molecule has 4 rings (SSSR count). The lowest BCUT2D eigenvalue weighted by Gasteiger charge is -2.23. The van der Waals surface area contributed by atoms with Crippen LogP contribution in [0.1, 0.15) is 52.0 Å². The predicted octanol–water partition coefficient (Wildman–Crippen LogP) is 3.66. The van der Waals surface area contributed by atoms with Crippen LogP contribution in [0.25, 0.3) is 0 Å². The molecule has 0 radical (unpaired) electrons. The van der Waals surface area contributed by atoms with Gasteiger partial charge in [0.05, 0.1) is 5.56 Å². The summed E-state index contributed by atoms with van der Waals surface area (Å²) in [5.41, 5.74) is 1.32. The second kappa shape index (κ2) is 7.10. The van der Waals surface area contributed by atoms with E-state index in [1.54, 1.807) is 17.0 Å². The number of nitrogens with zero attached hydrogens (tertiary/aromatic N) is 1. The smallest absolute Gasteiger partial charge is 0.257 e. The molecule has 2 aliphatic carbocycles. The number of benzene rings is 2. The van der Waals surface area contributed by atoms with E-state index in [0.717, 1.165) is 43.4 Å². The van der Waals surface area contributed by atoms with Crippen molar-refractivity contribution in [1.29, 1.82) is 0 Å². The van der Waals surface area contributed by atoms with Gasteiger partial charge in [0.1, 0.15) is 11.6 Å². The molecule has 6 heteroatoms. The molecular formula is C21H20F2N2O2. The van der Waals surface area contributed by atoms with Crippen molar-refractivity contribution in [2.45, 2.75) is 44.3 Å². The summed E-state index contributed by atoms with van der Waals surface area (Å²) in [6.45, 7) is 0.324. The van der Waals surface area contributed by atoms with Crippen LogP contribution in [0.5, 0.6) is 0 Å². The van der Waals surface area contributed by atoms with Crippen LogP contribution in [0.15, 0.2) is 42.5 Å². The van der Waals surface area contributed by atoms with E-state index in [-0.39, 0.29) is 17.5 Å². The lowest BCUT2D eigenvalue weighted by atomic mass is 10.1. The summed E-state index contributed by atoms with van der Waals surface area (Å²) in [5, 5.41) is 2.93. The van der Waals surface area contributed by atoms with Crippen LogP contribution in [0.3, 0.4) is 0 Å². The number of amides is 2. The van der Waals surface area contributed by atoms with Crippen LogP contribution in [-0.2, 0) is 6.54 Å². The number of halogens is 2. The first-order chi connectivity index (χ1) is 13.0. The summed E-state index contributed by atoms with van der Waals surface area (Å²) in [6.07, 6.45) is 3.80.